The summed E-state index contributed by atoms with van der Waals surface area (Å²) in [5.41, 5.74) is 0.798. The molecular formula is C12H18N2O4S. The maximum Gasteiger partial charge on any atom is 0.303 e. The lowest BCUT2D eigenvalue weighted by molar-refractivity contribution is -0.137. The van der Waals surface area contributed by atoms with Gasteiger partial charge in [0.25, 0.3) is 5.91 Å². The number of carboxylic acids is 1. The van der Waals surface area contributed by atoms with Crippen molar-refractivity contribution in [2.24, 2.45) is 0 Å². The number of amides is 1. The van der Waals surface area contributed by atoms with Crippen molar-refractivity contribution in [1.82, 2.24) is 4.98 Å². The molecule has 1 aromatic heterocycles. The summed E-state index contributed by atoms with van der Waals surface area (Å²) < 4.78 is 5.17. The van der Waals surface area contributed by atoms with Crippen LogP contribution in [0.4, 0.5) is 5.13 Å². The number of hydrogen-bond donors (Lipinski definition) is 2. The van der Waals surface area contributed by atoms with Gasteiger partial charge in [-0.1, -0.05) is 0 Å². The van der Waals surface area contributed by atoms with Crippen molar-refractivity contribution in [3.05, 3.63) is 11.1 Å². The molecular weight excluding hydrogens is 268 g/mol. The molecule has 0 aliphatic rings. The van der Waals surface area contributed by atoms with Crippen molar-refractivity contribution in [3.63, 3.8) is 0 Å². The van der Waals surface area contributed by atoms with E-state index in [2.05, 4.69) is 10.3 Å². The average Bonchev–Trinajstić information content (AvgIpc) is 2.73. The first-order valence-corrected chi connectivity index (χ1v) is 6.93. The predicted molar refractivity (Wildman–Crippen MR) is 72.4 cm³/mol. The third-order valence-corrected chi connectivity index (χ3v) is 2.98. The Hall–Kier alpha value is -1.47. The van der Waals surface area contributed by atoms with E-state index in [1.54, 1.807) is 0 Å². The van der Waals surface area contributed by atoms with Crippen molar-refractivity contribution in [2.45, 2.75) is 39.2 Å². The Labute approximate surface area is 115 Å². The fourth-order valence-electron chi connectivity index (χ4n) is 1.30. The molecule has 1 heterocycles. The first-order valence-electron chi connectivity index (χ1n) is 6.05. The SMILES string of the molecule is CC(C)OCC(=O)Nc1nc(CCCC(=O)O)cs1. The largest absolute Gasteiger partial charge is 0.481 e. The number of aromatic nitrogens is 1. The number of carboxylic acid groups (broad SMARTS) is 1. The Kier molecular flexibility index (Phi) is 6.44. The molecule has 0 aromatic carbocycles. The number of hydrogen-bond acceptors (Lipinski definition) is 5. The van der Waals surface area contributed by atoms with Gasteiger partial charge in [0.05, 0.1) is 11.8 Å². The topological polar surface area (TPSA) is 88.5 Å². The Morgan fingerprint density at radius 3 is 2.89 bits per heavy atom. The zero-order chi connectivity index (χ0) is 14.3. The Morgan fingerprint density at radius 1 is 1.53 bits per heavy atom. The smallest absolute Gasteiger partial charge is 0.303 e. The zero-order valence-electron chi connectivity index (χ0n) is 11.0. The van der Waals surface area contributed by atoms with Crippen LogP contribution in [-0.2, 0) is 20.7 Å². The number of aliphatic carboxylic acids is 1. The second kappa shape index (κ2) is 7.85. The van der Waals surface area contributed by atoms with Crippen molar-refractivity contribution in [1.29, 1.82) is 0 Å². The molecule has 0 saturated carbocycles. The summed E-state index contributed by atoms with van der Waals surface area (Å²) in [6.07, 6.45) is 1.28. The molecule has 0 aliphatic heterocycles. The van der Waals surface area contributed by atoms with Crippen LogP contribution < -0.4 is 5.32 Å². The highest BCUT2D eigenvalue weighted by atomic mass is 32.1. The van der Waals surface area contributed by atoms with Gasteiger partial charge in [0, 0.05) is 11.8 Å². The summed E-state index contributed by atoms with van der Waals surface area (Å²) in [6.45, 7) is 3.72. The molecule has 7 heteroatoms. The van der Waals surface area contributed by atoms with Gasteiger partial charge in [-0.05, 0) is 26.7 Å². The minimum absolute atomic E-state index is 0.00555. The van der Waals surface area contributed by atoms with Gasteiger partial charge < -0.3 is 9.84 Å². The summed E-state index contributed by atoms with van der Waals surface area (Å²) in [5, 5.41) is 13.5. The van der Waals surface area contributed by atoms with Crippen molar-refractivity contribution in [2.75, 3.05) is 11.9 Å². The second-order valence-corrected chi connectivity index (χ2v) is 5.16. The van der Waals surface area contributed by atoms with Crippen LogP contribution in [0.15, 0.2) is 5.38 Å². The monoisotopic (exact) mass is 286 g/mol. The number of carbonyl (C=O) groups is 2. The Bertz CT molecular complexity index is 431. The molecule has 0 atom stereocenters. The third kappa shape index (κ3) is 6.88. The second-order valence-electron chi connectivity index (χ2n) is 4.30. The van der Waals surface area contributed by atoms with Gasteiger partial charge in [-0.2, -0.15) is 0 Å². The highest BCUT2D eigenvalue weighted by molar-refractivity contribution is 7.13. The molecule has 106 valence electrons. The molecule has 6 nitrogen and oxygen atoms in total. The standard InChI is InChI=1S/C12H18N2O4S/c1-8(2)18-6-10(15)14-12-13-9(7-19-12)4-3-5-11(16)17/h7-8H,3-6H2,1-2H3,(H,16,17)(H,13,14,15). The molecule has 1 amide bonds. The van der Waals surface area contributed by atoms with Crippen molar-refractivity contribution in [3.8, 4) is 0 Å². The lowest BCUT2D eigenvalue weighted by Gasteiger charge is -2.06. The summed E-state index contributed by atoms with van der Waals surface area (Å²) in [5.74, 6) is -1.05. The first-order chi connectivity index (χ1) is 8.97. The van der Waals surface area contributed by atoms with E-state index in [4.69, 9.17) is 9.84 Å². The molecule has 0 unspecified atom stereocenters. The normalized spacial score (nSPS) is 10.7. The Balaban J connectivity index is 2.33. The van der Waals surface area contributed by atoms with E-state index in [0.29, 0.717) is 18.0 Å². The van der Waals surface area contributed by atoms with Crippen LogP contribution in [0.2, 0.25) is 0 Å². The molecule has 0 radical (unpaired) electrons. The lowest BCUT2D eigenvalue weighted by Crippen LogP contribution is -2.20. The van der Waals surface area contributed by atoms with E-state index in [9.17, 15) is 9.59 Å². The fourth-order valence-corrected chi connectivity index (χ4v) is 2.06. The first kappa shape index (κ1) is 15.6. The van der Waals surface area contributed by atoms with E-state index in [1.807, 2.05) is 19.2 Å². The van der Waals surface area contributed by atoms with Crippen LogP contribution in [-0.4, -0.2) is 34.7 Å². The highest BCUT2D eigenvalue weighted by Crippen LogP contribution is 2.16. The predicted octanol–water partition coefficient (Wildman–Crippen LogP) is 1.91. The molecule has 1 rings (SSSR count). The summed E-state index contributed by atoms with van der Waals surface area (Å²) in [4.78, 5) is 26.1. The minimum Gasteiger partial charge on any atom is -0.481 e. The van der Waals surface area contributed by atoms with Gasteiger partial charge in [0.2, 0.25) is 0 Å². The van der Waals surface area contributed by atoms with Gasteiger partial charge in [-0.3, -0.25) is 14.9 Å². The molecule has 1 aromatic rings. The average molecular weight is 286 g/mol. The van der Waals surface area contributed by atoms with E-state index in [0.717, 1.165) is 5.69 Å². The van der Waals surface area contributed by atoms with Gasteiger partial charge in [-0.15, -0.1) is 11.3 Å². The van der Waals surface area contributed by atoms with Gasteiger partial charge in [0.15, 0.2) is 5.13 Å². The number of thiazole rings is 1. The number of rotatable bonds is 8. The molecule has 0 aliphatic carbocycles. The number of nitrogens with one attached hydrogen (secondary N) is 1. The van der Waals surface area contributed by atoms with Crippen LogP contribution in [0.3, 0.4) is 0 Å². The van der Waals surface area contributed by atoms with Gasteiger partial charge >= 0.3 is 5.97 Å². The molecule has 0 fully saturated rings. The van der Waals surface area contributed by atoms with Crippen LogP contribution in [0.5, 0.6) is 0 Å². The third-order valence-electron chi connectivity index (χ3n) is 2.17. The van der Waals surface area contributed by atoms with E-state index < -0.39 is 5.97 Å². The van der Waals surface area contributed by atoms with Gasteiger partial charge in [-0.25, -0.2) is 4.98 Å². The van der Waals surface area contributed by atoms with Gasteiger partial charge in [0.1, 0.15) is 6.61 Å². The maximum atomic E-state index is 11.5. The van der Waals surface area contributed by atoms with E-state index in [-0.39, 0.29) is 25.0 Å². The van der Waals surface area contributed by atoms with Crippen LogP contribution in [0, 0.1) is 0 Å². The summed E-state index contributed by atoms with van der Waals surface area (Å²) in [7, 11) is 0. The maximum absolute atomic E-state index is 11.5. The zero-order valence-corrected chi connectivity index (χ0v) is 11.8. The van der Waals surface area contributed by atoms with Crippen molar-refractivity contribution < 1.29 is 19.4 Å². The van der Waals surface area contributed by atoms with Crippen LogP contribution in [0.1, 0.15) is 32.4 Å². The van der Waals surface area contributed by atoms with Crippen LogP contribution >= 0.6 is 11.3 Å². The molecule has 0 spiro atoms. The molecule has 0 saturated heterocycles. The fraction of sp³-hybridized carbons (Fsp3) is 0.583. The summed E-state index contributed by atoms with van der Waals surface area (Å²) in [6, 6.07) is 0. The number of anilines is 1. The minimum atomic E-state index is -0.811. The van der Waals surface area contributed by atoms with E-state index in [1.165, 1.54) is 11.3 Å². The number of ether oxygens (including phenoxy) is 1. The van der Waals surface area contributed by atoms with E-state index >= 15 is 0 Å². The molecule has 2 N–H and O–H groups in total. The number of carbonyl (C=O) groups excluding carboxylic acids is 1. The molecule has 0 bridgehead atoms. The Morgan fingerprint density at radius 2 is 2.26 bits per heavy atom. The van der Waals surface area contributed by atoms with Crippen LogP contribution in [0.25, 0.3) is 0 Å². The summed E-state index contributed by atoms with van der Waals surface area (Å²) >= 11 is 1.32. The highest BCUT2D eigenvalue weighted by Gasteiger charge is 2.08. The molecule has 19 heavy (non-hydrogen) atoms. The van der Waals surface area contributed by atoms with Crippen molar-refractivity contribution >= 4 is 28.3 Å². The number of nitrogens with zero attached hydrogens (tertiary/aromatic N) is 1. The lowest BCUT2D eigenvalue weighted by atomic mass is 10.2. The quantitative estimate of drug-likeness (QED) is 0.762. The number of aryl methyl sites for hydroxylation is 1.